The van der Waals surface area contributed by atoms with Gasteiger partial charge in [0.15, 0.2) is 0 Å². The molecule has 0 fully saturated rings. The van der Waals surface area contributed by atoms with E-state index in [0.29, 0.717) is 16.3 Å². The molecule has 3 nitrogen and oxygen atoms in total. The smallest absolute Gasteiger partial charge is 0.258 e. The van der Waals surface area contributed by atoms with E-state index in [0.717, 1.165) is 4.47 Å². The summed E-state index contributed by atoms with van der Waals surface area (Å²) in [7, 11) is 0. The second kappa shape index (κ2) is 4.72. The molecule has 0 atom stereocenters. The Bertz CT molecular complexity index is 511. The van der Waals surface area contributed by atoms with Crippen LogP contribution in [0.15, 0.2) is 45.7 Å². The molecule has 1 amide bonds. The Labute approximate surface area is 106 Å². The first kappa shape index (κ1) is 11.2. The Balaban J connectivity index is 2.18. The van der Waals surface area contributed by atoms with Crippen molar-refractivity contribution in [3.63, 3.8) is 0 Å². The van der Waals surface area contributed by atoms with Crippen LogP contribution in [0.5, 0.6) is 0 Å². The molecule has 0 bridgehead atoms. The van der Waals surface area contributed by atoms with Crippen molar-refractivity contribution in [1.82, 2.24) is 0 Å². The van der Waals surface area contributed by atoms with Gasteiger partial charge in [-0.3, -0.25) is 4.79 Å². The van der Waals surface area contributed by atoms with Crippen molar-refractivity contribution in [2.75, 3.05) is 5.32 Å². The molecule has 0 saturated carbocycles. The van der Waals surface area contributed by atoms with E-state index in [1.165, 1.54) is 12.5 Å². The fourth-order valence-corrected chi connectivity index (χ4v) is 1.96. The van der Waals surface area contributed by atoms with E-state index in [9.17, 15) is 4.79 Å². The highest BCUT2D eigenvalue weighted by Crippen LogP contribution is 2.26. The third-order valence-corrected chi connectivity index (χ3v) is 2.85. The number of hydrogen-bond acceptors (Lipinski definition) is 2. The van der Waals surface area contributed by atoms with Gasteiger partial charge in [0.2, 0.25) is 0 Å². The quantitative estimate of drug-likeness (QED) is 0.912. The fraction of sp³-hybridized carbons (Fsp3) is 0. The summed E-state index contributed by atoms with van der Waals surface area (Å²) in [6.07, 6.45) is 2.84. The van der Waals surface area contributed by atoms with Crippen LogP contribution in [0.3, 0.4) is 0 Å². The van der Waals surface area contributed by atoms with Gasteiger partial charge in [-0.25, -0.2) is 0 Å². The van der Waals surface area contributed by atoms with Gasteiger partial charge >= 0.3 is 0 Å². The Morgan fingerprint density at radius 2 is 2.19 bits per heavy atom. The number of carbonyl (C=O) groups excluding carboxylic acids is 1. The van der Waals surface area contributed by atoms with E-state index in [4.69, 9.17) is 16.0 Å². The average molecular weight is 301 g/mol. The largest absolute Gasteiger partial charge is 0.472 e. The molecular formula is C11H7BrClNO2. The summed E-state index contributed by atoms with van der Waals surface area (Å²) >= 11 is 9.11. The Morgan fingerprint density at radius 1 is 1.38 bits per heavy atom. The zero-order chi connectivity index (χ0) is 11.5. The van der Waals surface area contributed by atoms with Crippen LogP contribution in [0.25, 0.3) is 0 Å². The van der Waals surface area contributed by atoms with Gasteiger partial charge in [-0.1, -0.05) is 11.6 Å². The normalized spacial score (nSPS) is 10.1. The second-order valence-corrected chi connectivity index (χ2v) is 4.38. The lowest BCUT2D eigenvalue weighted by atomic mass is 10.3. The van der Waals surface area contributed by atoms with Crippen LogP contribution in [0.2, 0.25) is 5.02 Å². The van der Waals surface area contributed by atoms with Crippen LogP contribution in [0.4, 0.5) is 5.69 Å². The van der Waals surface area contributed by atoms with Crippen LogP contribution >= 0.6 is 27.5 Å². The first-order valence-corrected chi connectivity index (χ1v) is 5.62. The predicted octanol–water partition coefficient (Wildman–Crippen LogP) is 3.95. The highest BCUT2D eigenvalue weighted by Gasteiger charge is 2.09. The van der Waals surface area contributed by atoms with Gasteiger partial charge in [0.1, 0.15) is 6.26 Å². The minimum absolute atomic E-state index is 0.225. The minimum atomic E-state index is -0.225. The van der Waals surface area contributed by atoms with Crippen molar-refractivity contribution in [3.8, 4) is 0 Å². The first-order chi connectivity index (χ1) is 7.66. The molecule has 0 aliphatic heterocycles. The summed E-state index contributed by atoms with van der Waals surface area (Å²) in [6.45, 7) is 0. The van der Waals surface area contributed by atoms with E-state index < -0.39 is 0 Å². The number of furan rings is 1. The van der Waals surface area contributed by atoms with Crippen molar-refractivity contribution in [3.05, 3.63) is 51.9 Å². The van der Waals surface area contributed by atoms with Gasteiger partial charge in [-0.15, -0.1) is 0 Å². The molecule has 5 heteroatoms. The molecule has 0 aliphatic rings. The molecule has 0 radical (unpaired) electrons. The summed E-state index contributed by atoms with van der Waals surface area (Å²) in [5, 5.41) is 3.34. The molecule has 1 heterocycles. The molecule has 0 aliphatic carbocycles. The first-order valence-electron chi connectivity index (χ1n) is 4.45. The van der Waals surface area contributed by atoms with Gasteiger partial charge in [0.25, 0.3) is 5.91 Å². The second-order valence-electron chi connectivity index (χ2n) is 3.09. The van der Waals surface area contributed by atoms with Crippen LogP contribution in [-0.2, 0) is 0 Å². The molecule has 0 saturated heterocycles. The van der Waals surface area contributed by atoms with Gasteiger partial charge in [-0.2, -0.15) is 0 Å². The molecule has 1 aromatic carbocycles. The van der Waals surface area contributed by atoms with Crippen molar-refractivity contribution < 1.29 is 9.21 Å². The van der Waals surface area contributed by atoms with Crippen LogP contribution in [0.1, 0.15) is 10.4 Å². The number of nitrogens with one attached hydrogen (secondary N) is 1. The predicted molar refractivity (Wildman–Crippen MR) is 65.8 cm³/mol. The van der Waals surface area contributed by atoms with Gasteiger partial charge < -0.3 is 9.73 Å². The highest BCUT2D eigenvalue weighted by atomic mass is 79.9. The maximum absolute atomic E-state index is 11.7. The van der Waals surface area contributed by atoms with E-state index >= 15 is 0 Å². The van der Waals surface area contributed by atoms with Gasteiger partial charge in [-0.05, 0) is 40.2 Å². The van der Waals surface area contributed by atoms with E-state index in [-0.39, 0.29) is 5.91 Å². The summed E-state index contributed by atoms with van der Waals surface area (Å²) in [5.41, 5.74) is 1.14. The Hall–Kier alpha value is -1.26. The Kier molecular flexibility index (Phi) is 3.31. The zero-order valence-electron chi connectivity index (χ0n) is 8.04. The number of amides is 1. The van der Waals surface area contributed by atoms with Crippen molar-refractivity contribution in [2.45, 2.75) is 0 Å². The summed E-state index contributed by atoms with van der Waals surface area (Å²) < 4.78 is 5.56. The SMILES string of the molecule is O=C(Nc1ccc(Cl)cc1Br)c1ccoc1. The minimum Gasteiger partial charge on any atom is -0.472 e. The van der Waals surface area contributed by atoms with Crippen molar-refractivity contribution >= 4 is 39.1 Å². The number of rotatable bonds is 2. The number of carbonyl (C=O) groups is 1. The van der Waals surface area contributed by atoms with E-state index in [1.807, 2.05) is 0 Å². The summed E-state index contributed by atoms with van der Waals surface area (Å²) in [4.78, 5) is 11.7. The molecule has 0 spiro atoms. The lowest BCUT2D eigenvalue weighted by Gasteiger charge is -2.06. The van der Waals surface area contributed by atoms with Crippen LogP contribution in [-0.4, -0.2) is 5.91 Å². The van der Waals surface area contributed by atoms with Crippen LogP contribution < -0.4 is 5.32 Å². The van der Waals surface area contributed by atoms with Crippen molar-refractivity contribution in [2.24, 2.45) is 0 Å². The molecule has 0 unspecified atom stereocenters. The lowest BCUT2D eigenvalue weighted by Crippen LogP contribution is -2.11. The average Bonchev–Trinajstić information content (AvgIpc) is 2.75. The lowest BCUT2D eigenvalue weighted by molar-refractivity contribution is 0.102. The maximum atomic E-state index is 11.7. The van der Waals surface area contributed by atoms with E-state index in [1.54, 1.807) is 24.3 Å². The molecule has 1 N–H and O–H groups in total. The monoisotopic (exact) mass is 299 g/mol. The zero-order valence-corrected chi connectivity index (χ0v) is 10.4. The summed E-state index contributed by atoms with van der Waals surface area (Å²) in [6, 6.07) is 6.74. The molecule has 82 valence electrons. The van der Waals surface area contributed by atoms with Crippen LogP contribution in [0, 0.1) is 0 Å². The number of hydrogen-bond donors (Lipinski definition) is 1. The molecular weight excluding hydrogens is 293 g/mol. The number of benzene rings is 1. The molecule has 16 heavy (non-hydrogen) atoms. The van der Waals surface area contributed by atoms with E-state index in [2.05, 4.69) is 21.2 Å². The fourth-order valence-electron chi connectivity index (χ4n) is 1.18. The summed E-state index contributed by atoms with van der Waals surface area (Å²) in [5.74, 6) is -0.225. The number of halogens is 2. The molecule has 1 aromatic heterocycles. The van der Waals surface area contributed by atoms with Gasteiger partial charge in [0.05, 0.1) is 17.5 Å². The molecule has 2 rings (SSSR count). The topological polar surface area (TPSA) is 42.2 Å². The third kappa shape index (κ3) is 2.46. The third-order valence-electron chi connectivity index (χ3n) is 1.96. The maximum Gasteiger partial charge on any atom is 0.258 e. The van der Waals surface area contributed by atoms with Gasteiger partial charge in [0, 0.05) is 9.50 Å². The Morgan fingerprint density at radius 3 is 2.81 bits per heavy atom. The highest BCUT2D eigenvalue weighted by molar-refractivity contribution is 9.10. The number of anilines is 1. The molecule has 2 aromatic rings. The standard InChI is InChI=1S/C11H7BrClNO2/c12-9-5-8(13)1-2-10(9)14-11(15)7-3-4-16-6-7/h1-6H,(H,14,15). The van der Waals surface area contributed by atoms with Crippen molar-refractivity contribution in [1.29, 1.82) is 0 Å².